The number of nitrogens with one attached hydrogen (secondary N) is 4. The Bertz CT molecular complexity index is 3220. The summed E-state index contributed by atoms with van der Waals surface area (Å²) < 4.78 is 156. The smallest absolute Gasteiger partial charge is 0.726 e. The third-order valence-electron chi connectivity index (χ3n) is 19.3. The maximum Gasteiger partial charge on any atom is 1.00 e. The zero-order chi connectivity index (χ0) is 85.1. The van der Waals surface area contributed by atoms with Gasteiger partial charge in [0.05, 0.1) is 24.1 Å². The van der Waals surface area contributed by atoms with Crippen molar-refractivity contribution in [2.75, 3.05) is 26.3 Å². The van der Waals surface area contributed by atoms with Crippen molar-refractivity contribution >= 4 is 78.3 Å². The summed E-state index contributed by atoms with van der Waals surface area (Å²) in [7, 11) is -16.0. The molecule has 0 bridgehead atoms. The summed E-state index contributed by atoms with van der Waals surface area (Å²) in [6.45, 7) is 7.99. The van der Waals surface area contributed by atoms with Crippen LogP contribution in [0.3, 0.4) is 0 Å². The average molecular weight is 1820 g/mol. The minimum atomic E-state index is -5.56. The second-order valence-corrected chi connectivity index (χ2v) is 31.7. The van der Waals surface area contributed by atoms with Crippen LogP contribution >= 0.6 is 0 Å². The first-order valence-corrected chi connectivity index (χ1v) is 43.3. The number of aliphatic carboxylic acids is 2. The molecule has 0 aromatic rings. The average Bonchev–Trinajstić information content (AvgIpc) is 0.777. The molecule has 48 heteroatoms. The second-order valence-electron chi connectivity index (χ2n) is 28.9. The summed E-state index contributed by atoms with van der Waals surface area (Å²) in [5.41, 5.74) is 0. The molecule has 0 aromatic heterocycles. The maximum absolute atomic E-state index is 12.5. The molecule has 0 saturated carbocycles. The number of carbonyl (C=O) groups is 8. The second kappa shape index (κ2) is 67.4. The molecule has 4 heterocycles. The largest absolute Gasteiger partial charge is 1.00 e. The number of amides is 4. The van der Waals surface area contributed by atoms with Gasteiger partial charge in [0.1, 0.15) is 78.6 Å². The standard InChI is InChI=1S/C71H123N4O32S2.5Na.H2O4S/c1-5-49-55(83)57(85)53(75-46(4)77)69(101-49)103-61-59(87)63(107-109(95,96)97)71(105-65(61)67(90)91)98-42-32-22-13-17-27-37-48(79)36-26-16-11-10-15-25-35-47(78)34-24-14-8-6-7-9-18-28-38-50(80)72-40-30-20-12-19-29-39-51(81)73-41-31-21-23-33-43-99-70-62(106-108(92,93)94)58(86)60(64(104-70)66(88)89)102-68-52(74-45(3)76)56(84)54(82)44(2)100-68;;;;;;1-5(2,3)4/h44,49,52-65,68-71,82-87H,2,5-43H2,1,3-4H3,(H,72,80)(H,73,81)(H,74,76)(H,75,77)(H,88,89)(H,90,91)(H,92,93,94)(H,95,96,97);;;;;;(H2,1,2,3,4)/q-1;5*+1;/p-5. The van der Waals surface area contributed by atoms with Gasteiger partial charge in [0.25, 0.3) is 0 Å². The van der Waals surface area contributed by atoms with Gasteiger partial charge < -0.3 is 130 Å². The topological polar surface area (TPSA) is 636 Å². The molecule has 4 rings (SSSR count). The Morgan fingerprint density at radius 2 is 0.672 bits per heavy atom. The molecular weight excluding hydrogens is 1700 g/mol. The number of carboxylic acid groups (broad SMARTS) is 2. The Hall–Kier alpha value is 0.210. The summed E-state index contributed by atoms with van der Waals surface area (Å²) in [5, 5.41) is 99.3. The van der Waals surface area contributed by atoms with Crippen molar-refractivity contribution in [3.63, 3.8) is 0 Å². The number of carboxylic acids is 2. The predicted molar refractivity (Wildman–Crippen MR) is 388 cm³/mol. The molecule has 4 aliphatic rings. The van der Waals surface area contributed by atoms with E-state index in [9.17, 15) is 105 Å². The van der Waals surface area contributed by atoms with Gasteiger partial charge in [-0.3, -0.25) is 41.7 Å². The zero-order valence-corrected chi connectivity index (χ0v) is 82.5. The van der Waals surface area contributed by atoms with Crippen molar-refractivity contribution in [2.24, 2.45) is 0 Å². The molecule has 4 aliphatic heterocycles. The van der Waals surface area contributed by atoms with Gasteiger partial charge in [-0.05, 0) is 76.7 Å². The monoisotopic (exact) mass is 1820 g/mol. The van der Waals surface area contributed by atoms with Crippen molar-refractivity contribution in [1.82, 2.24) is 21.3 Å². The number of unbranched alkanes of at least 4 members (excludes halogenated alkanes) is 23. The molecule has 0 radical (unpaired) electrons. The fraction of sp³-hybridized carbons (Fsp3) is 0.873. The Morgan fingerprint density at radius 1 is 0.387 bits per heavy atom. The van der Waals surface area contributed by atoms with E-state index in [-0.39, 0.29) is 185 Å². The van der Waals surface area contributed by atoms with Crippen molar-refractivity contribution in [1.29, 1.82) is 0 Å². The molecule has 20 atom stereocenters. The van der Waals surface area contributed by atoms with E-state index in [1.54, 1.807) is 6.92 Å². The first-order valence-electron chi connectivity index (χ1n) is 39.3. The Balaban J connectivity index is -0.0000130. The van der Waals surface area contributed by atoms with Crippen LogP contribution in [0.4, 0.5) is 0 Å². The summed E-state index contributed by atoms with van der Waals surface area (Å²) >= 11 is 0. The molecular formula is C71H120N4Na5O36S3-. The first-order chi connectivity index (χ1) is 53.7. The summed E-state index contributed by atoms with van der Waals surface area (Å²) in [5.74, 6) is -4.86. The summed E-state index contributed by atoms with van der Waals surface area (Å²) in [4.78, 5) is 97.9. The van der Waals surface area contributed by atoms with E-state index < -0.39 is 178 Å². The SMILES string of the molecule is O=S(=O)([O-])O.[CH2-]C1OC(OC2C(C(=O)[O-])OC(OCCCCCCNC(=O)CCCCCCCNC(=O)CCCCCCCCCCC(=O)CCCCCCCCC(=O)CCCCCCCOC3OC(C(=O)[O-])C(OC4OC(CC)C(O)C(O)C4NC(C)=O)C(O)C3OS(=O)(=O)[O-])C(OS(=O)(=O)[O-])C2O)C(NC(C)=O)C(O)C1O.[Na+].[Na+].[Na+].[Na+].[Na+]. The first kappa shape index (κ1) is 123. The normalized spacial score (nSPS) is 26.8. The van der Waals surface area contributed by atoms with Crippen LogP contribution in [0.25, 0.3) is 0 Å². The molecule has 4 amide bonds. The molecule has 0 aromatic carbocycles. The molecule has 40 nitrogen and oxygen atoms in total. The van der Waals surface area contributed by atoms with Crippen LogP contribution in [0.2, 0.25) is 0 Å². The Labute approximate surface area is 809 Å². The zero-order valence-electron chi connectivity index (χ0n) is 70.0. The Kier molecular flexibility index (Phi) is 69.9. The molecule has 119 heavy (non-hydrogen) atoms. The van der Waals surface area contributed by atoms with Gasteiger partial charge in [-0.15, -0.1) is 0 Å². The molecule has 664 valence electrons. The number of rotatable bonds is 58. The van der Waals surface area contributed by atoms with E-state index >= 15 is 0 Å². The molecule has 11 N–H and O–H groups in total. The molecule has 4 fully saturated rings. The van der Waals surface area contributed by atoms with E-state index in [0.717, 1.165) is 142 Å². The van der Waals surface area contributed by atoms with Crippen molar-refractivity contribution in [3.05, 3.63) is 6.92 Å². The van der Waals surface area contributed by atoms with E-state index in [2.05, 4.69) is 36.6 Å². The van der Waals surface area contributed by atoms with E-state index in [1.165, 1.54) is 0 Å². The fourth-order valence-electron chi connectivity index (χ4n) is 13.4. The van der Waals surface area contributed by atoms with Crippen LogP contribution < -0.4 is 179 Å². The third kappa shape index (κ3) is 53.2. The van der Waals surface area contributed by atoms with E-state index in [0.29, 0.717) is 109 Å². The minimum absolute atomic E-state index is 0. The van der Waals surface area contributed by atoms with Gasteiger partial charge in [-0.25, -0.2) is 25.3 Å². The quantitative estimate of drug-likeness (QED) is 0.00885. The molecule has 0 aliphatic carbocycles. The van der Waals surface area contributed by atoms with Gasteiger partial charge in [-0.2, -0.15) is 0 Å². The van der Waals surface area contributed by atoms with Gasteiger partial charge in [0.15, 0.2) is 37.4 Å². The number of aliphatic hydroxyl groups excluding tert-OH is 6. The fourth-order valence-corrected chi connectivity index (χ4v) is 14.3. The number of hydrogen-bond donors (Lipinski definition) is 11. The van der Waals surface area contributed by atoms with Crippen LogP contribution in [0, 0.1) is 6.92 Å². The van der Waals surface area contributed by atoms with Gasteiger partial charge in [-0.1, -0.05) is 122 Å². The van der Waals surface area contributed by atoms with Crippen LogP contribution in [-0.4, -0.2) is 270 Å². The van der Waals surface area contributed by atoms with Gasteiger partial charge in [0.2, 0.25) is 54.8 Å². The van der Waals surface area contributed by atoms with Crippen LogP contribution in [-0.2, 0) is 116 Å². The van der Waals surface area contributed by atoms with Gasteiger partial charge >= 0.3 is 148 Å². The number of aliphatic hydroxyl groups is 6. The van der Waals surface area contributed by atoms with Crippen molar-refractivity contribution in [2.45, 2.75) is 368 Å². The van der Waals surface area contributed by atoms with E-state index in [4.69, 9.17) is 55.4 Å². The van der Waals surface area contributed by atoms with Crippen LogP contribution in [0.5, 0.6) is 0 Å². The van der Waals surface area contributed by atoms with E-state index in [1.807, 2.05) is 0 Å². The van der Waals surface area contributed by atoms with Crippen molar-refractivity contribution in [3.8, 4) is 0 Å². The molecule has 0 spiro atoms. The Morgan fingerprint density at radius 3 is 0.975 bits per heavy atom. The number of carbonyl (C=O) groups excluding carboxylic acids is 8. The number of ether oxygens (including phenoxy) is 8. The minimum Gasteiger partial charge on any atom is -0.726 e. The predicted octanol–water partition coefficient (Wildman–Crippen LogP) is -16.0. The van der Waals surface area contributed by atoms with Crippen LogP contribution in [0.1, 0.15) is 245 Å². The maximum atomic E-state index is 12.5. The number of hydrogen-bond acceptors (Lipinski definition) is 35. The van der Waals surface area contributed by atoms with Gasteiger partial charge in [0, 0.05) is 78.7 Å². The summed E-state index contributed by atoms with van der Waals surface area (Å²) in [6.07, 6.45) is -7.37. The van der Waals surface area contributed by atoms with Crippen molar-refractivity contribution < 1.29 is 317 Å². The number of Topliss-reactive ketones (excluding diaryl/α,β-unsaturated/α-hetero) is 2. The molecule has 4 saturated heterocycles. The summed E-state index contributed by atoms with van der Waals surface area (Å²) in [6, 6.07) is -3.03. The molecule has 20 unspecified atom stereocenters. The number of ketones is 2. The third-order valence-corrected chi connectivity index (χ3v) is 20.2. The van der Waals surface area contributed by atoms with Crippen LogP contribution in [0.15, 0.2) is 0 Å².